The lowest BCUT2D eigenvalue weighted by molar-refractivity contribution is 0.0162. The largest absolute Gasteiger partial charge is 0.491 e. The maximum atomic E-state index is 12.7. The monoisotopic (exact) mass is 411 g/mol. The van der Waals surface area contributed by atoms with Gasteiger partial charge in [0.05, 0.1) is 25.4 Å². The average molecular weight is 412 g/mol. The van der Waals surface area contributed by atoms with Crippen molar-refractivity contribution in [2.75, 3.05) is 51.8 Å². The molecule has 6 heteroatoms. The van der Waals surface area contributed by atoms with E-state index in [2.05, 4.69) is 39.4 Å². The van der Waals surface area contributed by atoms with Crippen LogP contribution in [-0.4, -0.2) is 63.9 Å². The molecule has 0 aliphatic carbocycles. The third-order valence-corrected chi connectivity index (χ3v) is 5.22. The van der Waals surface area contributed by atoms with Crippen LogP contribution in [0.1, 0.15) is 35.8 Å². The van der Waals surface area contributed by atoms with Gasteiger partial charge in [0.1, 0.15) is 5.75 Å². The molecule has 2 aromatic rings. The first kappa shape index (κ1) is 22.1. The van der Waals surface area contributed by atoms with Crippen LogP contribution in [0.4, 0.5) is 5.69 Å². The van der Waals surface area contributed by atoms with E-state index in [1.54, 1.807) is 0 Å². The van der Waals surface area contributed by atoms with Gasteiger partial charge in [-0.3, -0.25) is 9.69 Å². The molecule has 0 aromatic heterocycles. The van der Waals surface area contributed by atoms with Crippen molar-refractivity contribution >= 4 is 11.6 Å². The summed E-state index contributed by atoms with van der Waals surface area (Å²) in [5.41, 5.74) is 2.99. The fourth-order valence-corrected chi connectivity index (χ4v) is 3.59. The summed E-state index contributed by atoms with van der Waals surface area (Å²) < 4.78 is 11.2. The molecule has 1 fully saturated rings. The van der Waals surface area contributed by atoms with Crippen LogP contribution < -0.4 is 15.0 Å². The zero-order valence-corrected chi connectivity index (χ0v) is 18.4. The first-order valence-corrected chi connectivity index (χ1v) is 10.6. The number of benzene rings is 2. The smallest absolute Gasteiger partial charge is 0.251 e. The van der Waals surface area contributed by atoms with E-state index in [0.717, 1.165) is 37.7 Å². The number of nitrogens with one attached hydrogen (secondary N) is 1. The van der Waals surface area contributed by atoms with E-state index >= 15 is 0 Å². The SMILES string of the molecule is CC(C)Oc1ccc(C(=O)NC[C@H](c2ccc(N(C)C)cc2)N2CCOCC2)cc1. The summed E-state index contributed by atoms with van der Waals surface area (Å²) in [4.78, 5) is 17.2. The van der Waals surface area contributed by atoms with Gasteiger partial charge in [0.15, 0.2) is 0 Å². The zero-order chi connectivity index (χ0) is 21.5. The predicted octanol–water partition coefficient (Wildman–Crippen LogP) is 3.34. The summed E-state index contributed by atoms with van der Waals surface area (Å²) in [5.74, 6) is 0.697. The highest BCUT2D eigenvalue weighted by atomic mass is 16.5. The highest BCUT2D eigenvalue weighted by molar-refractivity contribution is 5.94. The first-order valence-electron chi connectivity index (χ1n) is 10.6. The lowest BCUT2D eigenvalue weighted by atomic mass is 10.0. The van der Waals surface area contributed by atoms with E-state index in [-0.39, 0.29) is 18.1 Å². The molecule has 0 unspecified atom stereocenters. The minimum Gasteiger partial charge on any atom is -0.491 e. The highest BCUT2D eigenvalue weighted by Crippen LogP contribution is 2.24. The minimum absolute atomic E-state index is 0.0748. The number of rotatable bonds is 8. The maximum Gasteiger partial charge on any atom is 0.251 e. The van der Waals surface area contributed by atoms with Crippen molar-refractivity contribution in [3.05, 3.63) is 59.7 Å². The van der Waals surface area contributed by atoms with Gasteiger partial charge >= 0.3 is 0 Å². The second kappa shape index (κ2) is 10.5. The van der Waals surface area contributed by atoms with E-state index in [4.69, 9.17) is 9.47 Å². The Bertz CT molecular complexity index is 797. The Morgan fingerprint density at radius 2 is 1.70 bits per heavy atom. The normalized spacial score (nSPS) is 15.6. The molecular formula is C24H33N3O3. The number of morpholine rings is 1. The molecule has 1 aliphatic rings. The fraction of sp³-hybridized carbons (Fsp3) is 0.458. The van der Waals surface area contributed by atoms with Crippen LogP contribution in [0.25, 0.3) is 0 Å². The van der Waals surface area contributed by atoms with Crippen LogP contribution in [-0.2, 0) is 4.74 Å². The predicted molar refractivity (Wildman–Crippen MR) is 120 cm³/mol. The van der Waals surface area contributed by atoms with Gasteiger partial charge in [0.2, 0.25) is 0 Å². The molecule has 1 amide bonds. The number of ether oxygens (including phenoxy) is 2. The molecule has 6 nitrogen and oxygen atoms in total. The minimum atomic E-state index is -0.0748. The molecule has 0 bridgehead atoms. The number of carbonyl (C=O) groups is 1. The fourth-order valence-electron chi connectivity index (χ4n) is 3.59. The maximum absolute atomic E-state index is 12.7. The van der Waals surface area contributed by atoms with E-state index in [1.807, 2.05) is 52.2 Å². The Labute approximate surface area is 179 Å². The quantitative estimate of drug-likeness (QED) is 0.722. The molecule has 162 valence electrons. The molecule has 1 saturated heterocycles. The molecule has 0 saturated carbocycles. The first-order chi connectivity index (χ1) is 14.4. The Morgan fingerprint density at radius 3 is 2.27 bits per heavy atom. The molecule has 30 heavy (non-hydrogen) atoms. The van der Waals surface area contributed by atoms with Gasteiger partial charge < -0.3 is 19.7 Å². The molecule has 3 rings (SSSR count). The molecular weight excluding hydrogens is 378 g/mol. The van der Waals surface area contributed by atoms with E-state index < -0.39 is 0 Å². The number of carbonyl (C=O) groups excluding carboxylic acids is 1. The van der Waals surface area contributed by atoms with E-state index in [0.29, 0.717) is 12.1 Å². The van der Waals surface area contributed by atoms with Gasteiger partial charge in [-0.25, -0.2) is 0 Å². The summed E-state index contributed by atoms with van der Waals surface area (Å²) >= 11 is 0. The lowest BCUT2D eigenvalue weighted by Gasteiger charge is -2.35. The third kappa shape index (κ3) is 5.97. The van der Waals surface area contributed by atoms with Crippen molar-refractivity contribution < 1.29 is 14.3 Å². The van der Waals surface area contributed by atoms with E-state index in [1.165, 1.54) is 5.56 Å². The van der Waals surface area contributed by atoms with Crippen LogP contribution >= 0.6 is 0 Å². The lowest BCUT2D eigenvalue weighted by Crippen LogP contribution is -2.43. The van der Waals surface area contributed by atoms with Crippen molar-refractivity contribution in [1.82, 2.24) is 10.2 Å². The molecule has 0 spiro atoms. The molecule has 1 N–H and O–H groups in total. The number of hydrogen-bond donors (Lipinski definition) is 1. The summed E-state index contributed by atoms with van der Waals surface area (Å²) in [6.07, 6.45) is 0.109. The van der Waals surface area contributed by atoms with Gasteiger partial charge in [-0.05, 0) is 55.8 Å². The second-order valence-electron chi connectivity index (χ2n) is 8.05. The van der Waals surface area contributed by atoms with Gasteiger partial charge in [0.25, 0.3) is 5.91 Å². The molecule has 1 aliphatic heterocycles. The molecule has 1 heterocycles. The Morgan fingerprint density at radius 1 is 1.07 bits per heavy atom. The van der Waals surface area contributed by atoms with Crippen molar-refractivity contribution in [2.45, 2.75) is 26.0 Å². The molecule has 1 atom stereocenters. The second-order valence-corrected chi connectivity index (χ2v) is 8.05. The summed E-state index contributed by atoms with van der Waals surface area (Å²) in [6.45, 7) is 7.67. The topological polar surface area (TPSA) is 54.0 Å². The highest BCUT2D eigenvalue weighted by Gasteiger charge is 2.23. The van der Waals surface area contributed by atoms with Gasteiger partial charge in [-0.15, -0.1) is 0 Å². The number of hydrogen-bond acceptors (Lipinski definition) is 5. The van der Waals surface area contributed by atoms with Crippen molar-refractivity contribution in [1.29, 1.82) is 0 Å². The van der Waals surface area contributed by atoms with Crippen LogP contribution in [0.2, 0.25) is 0 Å². The van der Waals surface area contributed by atoms with Crippen LogP contribution in [0.3, 0.4) is 0 Å². The summed E-state index contributed by atoms with van der Waals surface area (Å²) in [5, 5.41) is 3.12. The molecule has 2 aromatic carbocycles. The number of amides is 1. The van der Waals surface area contributed by atoms with Crippen molar-refractivity contribution in [3.63, 3.8) is 0 Å². The summed E-state index contributed by atoms with van der Waals surface area (Å²) in [6, 6.07) is 16.0. The Balaban J connectivity index is 1.69. The summed E-state index contributed by atoms with van der Waals surface area (Å²) in [7, 11) is 4.07. The van der Waals surface area contributed by atoms with E-state index in [9.17, 15) is 4.79 Å². The Hall–Kier alpha value is -2.57. The van der Waals surface area contributed by atoms with Gasteiger partial charge in [-0.2, -0.15) is 0 Å². The van der Waals surface area contributed by atoms with Crippen molar-refractivity contribution in [2.24, 2.45) is 0 Å². The van der Waals surface area contributed by atoms with Gasteiger partial charge in [0, 0.05) is 45.0 Å². The molecule has 0 radical (unpaired) electrons. The van der Waals surface area contributed by atoms with Crippen LogP contribution in [0.15, 0.2) is 48.5 Å². The Kier molecular flexibility index (Phi) is 7.71. The van der Waals surface area contributed by atoms with Gasteiger partial charge in [-0.1, -0.05) is 12.1 Å². The zero-order valence-electron chi connectivity index (χ0n) is 18.4. The number of anilines is 1. The average Bonchev–Trinajstić information content (AvgIpc) is 2.75. The number of nitrogens with zero attached hydrogens (tertiary/aromatic N) is 2. The van der Waals surface area contributed by atoms with Crippen LogP contribution in [0.5, 0.6) is 5.75 Å². The van der Waals surface area contributed by atoms with Crippen molar-refractivity contribution in [3.8, 4) is 5.75 Å². The standard InChI is InChI=1S/C24H33N3O3/c1-18(2)30-22-11-7-20(8-12-22)24(28)25-17-23(27-13-15-29-16-14-27)19-5-9-21(10-6-19)26(3)4/h5-12,18,23H,13-17H2,1-4H3,(H,25,28)/t23-/m1/s1. The van der Waals surface area contributed by atoms with Crippen LogP contribution in [0, 0.1) is 0 Å². The third-order valence-electron chi connectivity index (χ3n) is 5.22.